The van der Waals surface area contributed by atoms with Crippen molar-refractivity contribution in [2.45, 2.75) is 38.6 Å². The predicted molar refractivity (Wildman–Crippen MR) is 115 cm³/mol. The first-order valence-corrected chi connectivity index (χ1v) is 10.7. The number of morpholine rings is 1. The second-order valence-corrected chi connectivity index (χ2v) is 7.74. The normalized spacial score (nSPS) is 17.1. The number of nitrogens with one attached hydrogen (secondary N) is 1. The number of carbonyl (C=O) groups is 1. The van der Waals surface area contributed by atoms with Crippen LogP contribution in [0.2, 0.25) is 0 Å². The Morgan fingerprint density at radius 1 is 1.14 bits per heavy atom. The molecule has 6 heteroatoms. The molecule has 0 spiro atoms. The van der Waals surface area contributed by atoms with Crippen molar-refractivity contribution in [3.05, 3.63) is 48.2 Å². The van der Waals surface area contributed by atoms with E-state index >= 15 is 0 Å². The van der Waals surface area contributed by atoms with Crippen molar-refractivity contribution < 1.29 is 9.53 Å². The smallest absolute Gasteiger partial charge is 0.241 e. The molecule has 1 amide bonds. The third-order valence-electron chi connectivity index (χ3n) is 5.60. The summed E-state index contributed by atoms with van der Waals surface area (Å²) in [5.41, 5.74) is 3.66. The van der Waals surface area contributed by atoms with Crippen LogP contribution in [-0.4, -0.2) is 48.5 Å². The number of amides is 1. The molecular formula is C23H30N4O2. The van der Waals surface area contributed by atoms with E-state index in [-0.39, 0.29) is 12.5 Å². The van der Waals surface area contributed by atoms with Crippen molar-refractivity contribution in [2.75, 3.05) is 37.7 Å². The molecule has 0 bridgehead atoms. The summed E-state index contributed by atoms with van der Waals surface area (Å²) in [7, 11) is 0. The van der Waals surface area contributed by atoms with Crippen molar-refractivity contribution in [3.63, 3.8) is 0 Å². The summed E-state index contributed by atoms with van der Waals surface area (Å²) in [6, 6.07) is 10.2. The Balaban J connectivity index is 1.42. The maximum atomic E-state index is 12.5. The Morgan fingerprint density at radius 3 is 2.72 bits per heavy atom. The van der Waals surface area contributed by atoms with Crippen LogP contribution in [0.25, 0.3) is 11.1 Å². The van der Waals surface area contributed by atoms with Crippen LogP contribution in [0.5, 0.6) is 0 Å². The van der Waals surface area contributed by atoms with Crippen LogP contribution in [0.1, 0.15) is 32.1 Å². The molecule has 1 saturated heterocycles. The SMILES string of the molecule is O=C(Cn1cc(-c2ccccc2)c(N2CCOCC2)n1)NCCC1=CCCCC1. The first kappa shape index (κ1) is 19.7. The molecule has 2 aromatic rings. The lowest BCUT2D eigenvalue weighted by molar-refractivity contribution is -0.121. The summed E-state index contributed by atoms with van der Waals surface area (Å²) in [5, 5.41) is 7.82. The summed E-state index contributed by atoms with van der Waals surface area (Å²) in [4.78, 5) is 14.7. The third-order valence-corrected chi connectivity index (χ3v) is 5.60. The van der Waals surface area contributed by atoms with E-state index in [0.717, 1.165) is 36.5 Å². The van der Waals surface area contributed by atoms with Gasteiger partial charge in [0, 0.05) is 31.4 Å². The van der Waals surface area contributed by atoms with Crippen LogP contribution in [0.4, 0.5) is 5.82 Å². The van der Waals surface area contributed by atoms with Gasteiger partial charge in [0.1, 0.15) is 6.54 Å². The van der Waals surface area contributed by atoms with E-state index in [9.17, 15) is 4.79 Å². The molecule has 1 aromatic carbocycles. The highest BCUT2D eigenvalue weighted by Crippen LogP contribution is 2.30. The fraction of sp³-hybridized carbons (Fsp3) is 0.478. The molecule has 154 valence electrons. The van der Waals surface area contributed by atoms with E-state index in [1.54, 1.807) is 4.68 Å². The van der Waals surface area contributed by atoms with Gasteiger partial charge < -0.3 is 15.0 Å². The van der Waals surface area contributed by atoms with Gasteiger partial charge in [0.25, 0.3) is 0 Å². The highest BCUT2D eigenvalue weighted by atomic mass is 16.5. The maximum absolute atomic E-state index is 12.5. The van der Waals surface area contributed by atoms with Gasteiger partial charge in [0.15, 0.2) is 5.82 Å². The highest BCUT2D eigenvalue weighted by molar-refractivity contribution is 5.78. The van der Waals surface area contributed by atoms with Gasteiger partial charge in [-0.2, -0.15) is 5.10 Å². The molecule has 1 aromatic heterocycles. The van der Waals surface area contributed by atoms with Crippen molar-refractivity contribution in [3.8, 4) is 11.1 Å². The first-order chi connectivity index (χ1) is 14.3. The molecule has 1 N–H and O–H groups in total. The van der Waals surface area contributed by atoms with Crippen LogP contribution in [0, 0.1) is 0 Å². The van der Waals surface area contributed by atoms with Gasteiger partial charge >= 0.3 is 0 Å². The van der Waals surface area contributed by atoms with E-state index < -0.39 is 0 Å². The molecule has 1 aliphatic carbocycles. The predicted octanol–water partition coefficient (Wildman–Crippen LogP) is 3.39. The number of hydrogen-bond donors (Lipinski definition) is 1. The van der Waals surface area contributed by atoms with Gasteiger partial charge in [-0.3, -0.25) is 9.48 Å². The highest BCUT2D eigenvalue weighted by Gasteiger charge is 2.20. The lowest BCUT2D eigenvalue weighted by Gasteiger charge is -2.27. The Hall–Kier alpha value is -2.60. The van der Waals surface area contributed by atoms with Crippen molar-refractivity contribution in [2.24, 2.45) is 0 Å². The third kappa shape index (κ3) is 5.26. The minimum atomic E-state index is 0.0112. The molecule has 2 heterocycles. The number of hydrogen-bond acceptors (Lipinski definition) is 4. The maximum Gasteiger partial charge on any atom is 0.241 e. The van der Waals surface area contributed by atoms with Crippen LogP contribution in [0.3, 0.4) is 0 Å². The molecule has 2 aliphatic rings. The fourth-order valence-electron chi connectivity index (χ4n) is 4.02. The van der Waals surface area contributed by atoms with E-state index in [1.807, 2.05) is 24.4 Å². The minimum Gasteiger partial charge on any atom is -0.378 e. The zero-order valence-electron chi connectivity index (χ0n) is 17.0. The summed E-state index contributed by atoms with van der Waals surface area (Å²) in [5.74, 6) is 0.941. The second kappa shape index (κ2) is 9.74. The van der Waals surface area contributed by atoms with Crippen molar-refractivity contribution >= 4 is 11.7 Å². The molecule has 0 radical (unpaired) electrons. The number of allylic oxidation sites excluding steroid dienone is 1. The van der Waals surface area contributed by atoms with Gasteiger partial charge in [-0.05, 0) is 37.7 Å². The van der Waals surface area contributed by atoms with E-state index in [1.165, 1.54) is 31.3 Å². The number of benzene rings is 1. The summed E-state index contributed by atoms with van der Waals surface area (Å²) in [6.45, 7) is 3.99. The molecule has 1 aliphatic heterocycles. The van der Waals surface area contributed by atoms with E-state index in [0.29, 0.717) is 19.8 Å². The Bertz CT molecular complexity index is 838. The minimum absolute atomic E-state index is 0.0112. The van der Waals surface area contributed by atoms with Gasteiger partial charge in [-0.1, -0.05) is 42.0 Å². The summed E-state index contributed by atoms with van der Waals surface area (Å²) >= 11 is 0. The molecule has 0 unspecified atom stereocenters. The summed E-state index contributed by atoms with van der Waals surface area (Å²) < 4.78 is 7.25. The van der Waals surface area contributed by atoms with Crippen LogP contribution in [0.15, 0.2) is 48.2 Å². The zero-order valence-corrected chi connectivity index (χ0v) is 17.0. The fourth-order valence-corrected chi connectivity index (χ4v) is 4.02. The molecule has 0 atom stereocenters. The van der Waals surface area contributed by atoms with Gasteiger partial charge in [0.05, 0.1) is 13.2 Å². The summed E-state index contributed by atoms with van der Waals surface area (Å²) in [6.07, 6.45) is 10.2. The van der Waals surface area contributed by atoms with E-state index in [4.69, 9.17) is 9.84 Å². The largest absolute Gasteiger partial charge is 0.378 e. The van der Waals surface area contributed by atoms with Crippen LogP contribution >= 0.6 is 0 Å². The first-order valence-electron chi connectivity index (χ1n) is 10.7. The van der Waals surface area contributed by atoms with Crippen LogP contribution < -0.4 is 10.2 Å². The second-order valence-electron chi connectivity index (χ2n) is 7.74. The van der Waals surface area contributed by atoms with Crippen LogP contribution in [-0.2, 0) is 16.1 Å². The Labute approximate surface area is 172 Å². The Kier molecular flexibility index (Phi) is 6.62. The van der Waals surface area contributed by atoms with Gasteiger partial charge in [-0.25, -0.2) is 0 Å². The van der Waals surface area contributed by atoms with Gasteiger partial charge in [0.2, 0.25) is 5.91 Å². The average molecular weight is 395 g/mol. The van der Waals surface area contributed by atoms with E-state index in [2.05, 4.69) is 28.4 Å². The lowest BCUT2D eigenvalue weighted by atomic mass is 9.97. The molecule has 6 nitrogen and oxygen atoms in total. The topological polar surface area (TPSA) is 59.4 Å². The quantitative estimate of drug-likeness (QED) is 0.732. The number of aromatic nitrogens is 2. The zero-order chi connectivity index (χ0) is 19.9. The number of rotatable bonds is 7. The number of ether oxygens (including phenoxy) is 1. The average Bonchev–Trinajstić information content (AvgIpc) is 3.19. The monoisotopic (exact) mass is 394 g/mol. The van der Waals surface area contributed by atoms with Gasteiger partial charge in [-0.15, -0.1) is 0 Å². The molecule has 0 saturated carbocycles. The standard InChI is InChI=1S/C23H30N4O2/c28-22(24-12-11-19-7-3-1-4-8-19)18-27-17-21(20-9-5-2-6-10-20)23(25-27)26-13-15-29-16-14-26/h2,5-7,9-10,17H,1,3-4,8,11-16,18H2,(H,24,28). The van der Waals surface area contributed by atoms with Crippen molar-refractivity contribution in [1.82, 2.24) is 15.1 Å². The molecular weight excluding hydrogens is 364 g/mol. The Morgan fingerprint density at radius 2 is 1.97 bits per heavy atom. The molecule has 29 heavy (non-hydrogen) atoms. The number of nitrogens with zero attached hydrogens (tertiary/aromatic N) is 3. The number of carbonyl (C=O) groups excluding carboxylic acids is 1. The molecule has 1 fully saturated rings. The number of anilines is 1. The van der Waals surface area contributed by atoms with Crippen molar-refractivity contribution in [1.29, 1.82) is 0 Å². The molecule has 4 rings (SSSR count). The lowest BCUT2D eigenvalue weighted by Crippen LogP contribution is -2.37.